The molecule has 0 spiro atoms. The zero-order valence-electron chi connectivity index (χ0n) is 12.1. The molecule has 3 nitrogen and oxygen atoms in total. The number of aryl methyl sites for hydroxylation is 1. The Morgan fingerprint density at radius 1 is 1.25 bits per heavy atom. The Morgan fingerprint density at radius 3 is 2.65 bits per heavy atom. The normalized spacial score (nSPS) is 11.8. The molecule has 2 rings (SSSR count). The summed E-state index contributed by atoms with van der Waals surface area (Å²) in [6, 6.07) is 9.83. The second-order valence-corrected chi connectivity index (χ2v) is 6.19. The van der Waals surface area contributed by atoms with E-state index in [9.17, 15) is 5.11 Å². The number of aliphatic hydroxyl groups excluding tert-OH is 1. The summed E-state index contributed by atoms with van der Waals surface area (Å²) in [7, 11) is 0. The number of hydrogen-bond donors (Lipinski definition) is 2. The van der Waals surface area contributed by atoms with Crippen molar-refractivity contribution in [1.29, 1.82) is 0 Å². The molecule has 0 aliphatic rings. The highest BCUT2D eigenvalue weighted by molar-refractivity contribution is 6.31. The summed E-state index contributed by atoms with van der Waals surface area (Å²) < 4.78 is 5.83. The van der Waals surface area contributed by atoms with Gasteiger partial charge in [-0.2, -0.15) is 0 Å². The first kappa shape index (κ1) is 15.1. The Morgan fingerprint density at radius 2 is 2.00 bits per heavy atom. The van der Waals surface area contributed by atoms with Crippen LogP contribution in [-0.2, 0) is 6.54 Å². The summed E-state index contributed by atoms with van der Waals surface area (Å²) in [5.41, 5.74) is 1.84. The Balaban J connectivity index is 2.10. The first-order valence-corrected chi connectivity index (χ1v) is 7.09. The van der Waals surface area contributed by atoms with Crippen molar-refractivity contribution in [3.63, 3.8) is 0 Å². The number of furan rings is 1. The number of hydrogen-bond acceptors (Lipinski definition) is 2. The maximum absolute atomic E-state index is 9.24. The topological polar surface area (TPSA) is 50.0 Å². The average molecular weight is 295 g/mol. The fourth-order valence-corrected chi connectivity index (χ4v) is 2.01. The van der Waals surface area contributed by atoms with E-state index in [1.807, 2.05) is 51.1 Å². The van der Waals surface area contributed by atoms with Crippen LogP contribution in [0.5, 0.6) is 0 Å². The number of halogens is 1. The van der Waals surface area contributed by atoms with Crippen molar-refractivity contribution in [1.82, 2.24) is 0 Å². The van der Waals surface area contributed by atoms with E-state index in [1.54, 1.807) is 0 Å². The van der Waals surface area contributed by atoms with Crippen LogP contribution in [0.15, 0.2) is 34.7 Å². The summed E-state index contributed by atoms with van der Waals surface area (Å²) in [5, 5.41) is 12.0. The van der Waals surface area contributed by atoms with E-state index in [2.05, 4.69) is 5.32 Å². The Bertz CT molecular complexity index is 590. The molecule has 0 bridgehead atoms. The fourth-order valence-electron chi connectivity index (χ4n) is 1.83. The van der Waals surface area contributed by atoms with Crippen LogP contribution in [0.3, 0.4) is 0 Å². The van der Waals surface area contributed by atoms with Crippen LogP contribution in [0.2, 0.25) is 5.02 Å². The molecule has 0 aliphatic carbocycles. The third-order valence-corrected chi connectivity index (χ3v) is 3.79. The quantitative estimate of drug-likeness (QED) is 0.891. The van der Waals surface area contributed by atoms with Gasteiger partial charge >= 0.3 is 0 Å². The van der Waals surface area contributed by atoms with Crippen LogP contribution in [0.25, 0.3) is 11.3 Å². The van der Waals surface area contributed by atoms with Crippen molar-refractivity contribution < 1.29 is 14.8 Å². The molecule has 20 heavy (non-hydrogen) atoms. The van der Waals surface area contributed by atoms with E-state index in [0.29, 0.717) is 6.54 Å². The molecule has 0 saturated heterocycles. The van der Waals surface area contributed by atoms with Gasteiger partial charge < -0.3 is 14.8 Å². The Labute approximate surface area is 124 Å². The maximum atomic E-state index is 9.24. The van der Waals surface area contributed by atoms with Gasteiger partial charge in [0.2, 0.25) is 0 Å². The van der Waals surface area contributed by atoms with E-state index in [1.165, 1.54) is 0 Å². The van der Waals surface area contributed by atoms with E-state index in [4.69, 9.17) is 16.0 Å². The van der Waals surface area contributed by atoms with Crippen molar-refractivity contribution in [2.75, 3.05) is 6.61 Å². The molecule has 0 saturated carbocycles. The van der Waals surface area contributed by atoms with Crippen LogP contribution in [0.1, 0.15) is 25.2 Å². The van der Waals surface area contributed by atoms with Crippen LogP contribution >= 0.6 is 11.6 Å². The lowest BCUT2D eigenvalue weighted by Gasteiger charge is -2.18. The van der Waals surface area contributed by atoms with E-state index >= 15 is 0 Å². The van der Waals surface area contributed by atoms with E-state index in [0.717, 1.165) is 27.7 Å². The second-order valence-electron chi connectivity index (χ2n) is 5.78. The zero-order valence-corrected chi connectivity index (χ0v) is 12.9. The number of quaternary nitrogens is 1. The van der Waals surface area contributed by atoms with Gasteiger partial charge in [0.05, 0.1) is 6.61 Å². The number of benzene rings is 1. The molecule has 1 aromatic heterocycles. The lowest BCUT2D eigenvalue weighted by molar-refractivity contribution is -0.738. The van der Waals surface area contributed by atoms with Crippen molar-refractivity contribution in [2.24, 2.45) is 0 Å². The smallest absolute Gasteiger partial charge is 0.158 e. The van der Waals surface area contributed by atoms with Gasteiger partial charge in [0, 0.05) is 10.6 Å². The lowest BCUT2D eigenvalue weighted by atomic mass is 10.1. The number of aliphatic hydroxyl groups is 1. The van der Waals surface area contributed by atoms with Gasteiger partial charge in [0.15, 0.2) is 5.76 Å². The third kappa shape index (κ3) is 3.63. The summed E-state index contributed by atoms with van der Waals surface area (Å²) in [6.45, 7) is 6.81. The molecular formula is C16H21ClNO2+. The first-order chi connectivity index (χ1) is 9.41. The van der Waals surface area contributed by atoms with Crippen LogP contribution in [-0.4, -0.2) is 17.3 Å². The molecular weight excluding hydrogens is 274 g/mol. The fraction of sp³-hybridized carbons (Fsp3) is 0.375. The third-order valence-electron chi connectivity index (χ3n) is 3.38. The van der Waals surface area contributed by atoms with Crippen molar-refractivity contribution in [3.05, 3.63) is 46.7 Å². The predicted octanol–water partition coefficient (Wildman–Crippen LogP) is 2.74. The molecule has 0 amide bonds. The molecule has 1 aromatic carbocycles. The van der Waals surface area contributed by atoms with Gasteiger partial charge in [0.1, 0.15) is 17.8 Å². The molecule has 0 unspecified atom stereocenters. The average Bonchev–Trinajstić information content (AvgIpc) is 2.89. The van der Waals surface area contributed by atoms with Gasteiger partial charge in [-0.25, -0.2) is 0 Å². The van der Waals surface area contributed by atoms with E-state index < -0.39 is 0 Å². The zero-order chi connectivity index (χ0) is 14.8. The summed E-state index contributed by atoms with van der Waals surface area (Å²) in [4.78, 5) is 0. The molecule has 0 aliphatic heterocycles. The summed E-state index contributed by atoms with van der Waals surface area (Å²) in [5.74, 6) is 1.70. The molecule has 108 valence electrons. The Hall–Kier alpha value is -1.29. The highest BCUT2D eigenvalue weighted by Crippen LogP contribution is 2.26. The molecule has 4 heteroatoms. The Kier molecular flexibility index (Phi) is 4.53. The largest absolute Gasteiger partial charge is 0.455 e. The predicted molar refractivity (Wildman–Crippen MR) is 80.7 cm³/mol. The van der Waals surface area contributed by atoms with Gasteiger partial charge in [-0.15, -0.1) is 0 Å². The molecule has 0 radical (unpaired) electrons. The molecule has 3 N–H and O–H groups in total. The van der Waals surface area contributed by atoms with Gasteiger partial charge in [-0.1, -0.05) is 23.7 Å². The summed E-state index contributed by atoms with van der Waals surface area (Å²) >= 11 is 6.13. The maximum Gasteiger partial charge on any atom is 0.158 e. The second kappa shape index (κ2) is 6.00. The number of nitrogens with two attached hydrogens (primary N) is 1. The molecule has 0 atom stereocenters. The van der Waals surface area contributed by atoms with E-state index in [-0.39, 0.29) is 12.1 Å². The van der Waals surface area contributed by atoms with Gasteiger partial charge in [-0.05, 0) is 44.5 Å². The van der Waals surface area contributed by atoms with Crippen molar-refractivity contribution >= 4 is 11.6 Å². The molecule has 0 fully saturated rings. The minimum Gasteiger partial charge on any atom is -0.455 e. The highest BCUT2D eigenvalue weighted by atomic mass is 35.5. The van der Waals surface area contributed by atoms with Crippen molar-refractivity contribution in [3.8, 4) is 11.3 Å². The van der Waals surface area contributed by atoms with Gasteiger partial charge in [0.25, 0.3) is 0 Å². The molecule has 2 aromatic rings. The summed E-state index contributed by atoms with van der Waals surface area (Å²) in [6.07, 6.45) is 0. The van der Waals surface area contributed by atoms with Crippen LogP contribution < -0.4 is 5.32 Å². The SMILES string of the molecule is Cc1ccc(-c2ccc(C[NH2+]C(C)(C)CO)o2)cc1Cl. The van der Waals surface area contributed by atoms with Crippen LogP contribution in [0.4, 0.5) is 0 Å². The minimum absolute atomic E-state index is 0.133. The van der Waals surface area contributed by atoms with Gasteiger partial charge in [-0.3, -0.25) is 0 Å². The van der Waals surface area contributed by atoms with Crippen LogP contribution in [0, 0.1) is 6.92 Å². The highest BCUT2D eigenvalue weighted by Gasteiger charge is 2.20. The molecule has 1 heterocycles. The number of rotatable bonds is 5. The van der Waals surface area contributed by atoms with Crippen molar-refractivity contribution in [2.45, 2.75) is 32.9 Å². The lowest BCUT2D eigenvalue weighted by Crippen LogP contribution is -2.95. The monoisotopic (exact) mass is 294 g/mol. The first-order valence-electron chi connectivity index (χ1n) is 6.72. The minimum atomic E-state index is -0.194. The standard InChI is InChI=1S/C16H20ClNO2/c1-11-4-5-12(8-14(11)17)15-7-6-13(20-15)9-18-16(2,3)10-19/h4-8,18-19H,9-10H2,1-3H3/p+1.